The summed E-state index contributed by atoms with van der Waals surface area (Å²) >= 11 is 0. The standard InChI is InChI=1S/C20H21FN2O4S/c1-28(26,22-19(24)13-27-18-5-3-2-4-6-18)14-15-11-23(12-15)20(25)16-7-9-17(21)10-8-16/h2-10,15H,11-14H2,1H3. The number of ether oxygens (including phenoxy) is 1. The first kappa shape index (κ1) is 20.0. The van der Waals surface area contributed by atoms with Gasteiger partial charge in [0.2, 0.25) is 0 Å². The average molecular weight is 404 g/mol. The Bertz CT molecular complexity index is 963. The van der Waals surface area contributed by atoms with E-state index in [0.717, 1.165) is 0 Å². The van der Waals surface area contributed by atoms with E-state index in [1.807, 2.05) is 6.07 Å². The number of para-hydroxylation sites is 1. The summed E-state index contributed by atoms with van der Waals surface area (Å²) in [6, 6.07) is 14.2. The average Bonchev–Trinajstić information content (AvgIpc) is 2.63. The molecule has 0 saturated carbocycles. The molecule has 0 radical (unpaired) electrons. The molecule has 2 aromatic carbocycles. The van der Waals surface area contributed by atoms with Gasteiger partial charge in [0.05, 0.1) is 9.73 Å². The van der Waals surface area contributed by atoms with Crippen molar-refractivity contribution in [3.05, 3.63) is 66.0 Å². The van der Waals surface area contributed by atoms with E-state index in [0.29, 0.717) is 24.4 Å². The lowest BCUT2D eigenvalue weighted by Gasteiger charge is -2.39. The van der Waals surface area contributed by atoms with Crippen LogP contribution in [0.3, 0.4) is 0 Å². The molecule has 1 saturated heterocycles. The van der Waals surface area contributed by atoms with E-state index in [-0.39, 0.29) is 24.2 Å². The van der Waals surface area contributed by atoms with Crippen LogP contribution in [0.4, 0.5) is 4.39 Å². The van der Waals surface area contributed by atoms with E-state index in [1.165, 1.54) is 30.5 Å². The third-order valence-corrected chi connectivity index (χ3v) is 5.96. The number of benzene rings is 2. The first-order chi connectivity index (χ1) is 13.3. The molecule has 1 fully saturated rings. The normalized spacial score (nSPS) is 16.0. The Kier molecular flexibility index (Phi) is 6.08. The Balaban J connectivity index is 1.49. The largest absolute Gasteiger partial charge is 0.484 e. The van der Waals surface area contributed by atoms with Crippen LogP contribution in [0.15, 0.2) is 59.0 Å². The lowest BCUT2D eigenvalue weighted by atomic mass is 10.0. The molecule has 1 aliphatic rings. The zero-order chi connectivity index (χ0) is 20.1. The van der Waals surface area contributed by atoms with Gasteiger partial charge < -0.3 is 9.64 Å². The molecule has 1 heterocycles. The predicted octanol–water partition coefficient (Wildman–Crippen LogP) is 2.60. The van der Waals surface area contributed by atoms with Gasteiger partial charge in [0.1, 0.15) is 11.6 Å². The molecule has 148 valence electrons. The zero-order valence-corrected chi connectivity index (χ0v) is 16.2. The van der Waals surface area contributed by atoms with Crippen LogP contribution in [0.25, 0.3) is 0 Å². The van der Waals surface area contributed by atoms with Crippen LogP contribution in [-0.4, -0.2) is 52.6 Å². The lowest BCUT2D eigenvalue weighted by Crippen LogP contribution is -2.52. The van der Waals surface area contributed by atoms with E-state index in [2.05, 4.69) is 4.36 Å². The summed E-state index contributed by atoms with van der Waals surface area (Å²) in [5.41, 5.74) is 0.412. The number of nitrogens with zero attached hydrogens (tertiary/aromatic N) is 2. The maximum Gasteiger partial charge on any atom is 0.291 e. The Morgan fingerprint density at radius 2 is 1.79 bits per heavy atom. The van der Waals surface area contributed by atoms with Crippen LogP contribution < -0.4 is 4.74 Å². The van der Waals surface area contributed by atoms with Gasteiger partial charge in [0, 0.05) is 36.6 Å². The molecule has 8 heteroatoms. The monoisotopic (exact) mass is 404 g/mol. The summed E-state index contributed by atoms with van der Waals surface area (Å²) in [4.78, 5) is 25.8. The molecule has 2 aromatic rings. The van der Waals surface area contributed by atoms with Gasteiger partial charge in [-0.25, -0.2) is 8.60 Å². The summed E-state index contributed by atoms with van der Waals surface area (Å²) in [7, 11) is -2.71. The van der Waals surface area contributed by atoms with Crippen molar-refractivity contribution in [3.63, 3.8) is 0 Å². The van der Waals surface area contributed by atoms with Gasteiger partial charge in [-0.05, 0) is 36.4 Å². The predicted molar refractivity (Wildman–Crippen MR) is 104 cm³/mol. The molecule has 2 amide bonds. The molecule has 3 rings (SSSR count). The number of halogens is 1. The molecule has 28 heavy (non-hydrogen) atoms. The van der Waals surface area contributed by atoms with Crippen molar-refractivity contribution in [2.24, 2.45) is 10.3 Å². The van der Waals surface area contributed by atoms with Crippen LogP contribution in [0, 0.1) is 11.7 Å². The number of rotatable bonds is 6. The van der Waals surface area contributed by atoms with Gasteiger partial charge in [-0.1, -0.05) is 18.2 Å². The lowest BCUT2D eigenvalue weighted by molar-refractivity contribution is -0.119. The number of likely N-dealkylation sites (tertiary alicyclic amines) is 1. The fourth-order valence-corrected chi connectivity index (χ4v) is 4.64. The third kappa shape index (κ3) is 5.39. The second-order valence-electron chi connectivity index (χ2n) is 6.80. The van der Waals surface area contributed by atoms with Gasteiger partial charge in [0.25, 0.3) is 11.8 Å². The van der Waals surface area contributed by atoms with Crippen molar-refractivity contribution in [2.75, 3.05) is 31.7 Å². The molecule has 0 aliphatic carbocycles. The van der Waals surface area contributed by atoms with E-state index >= 15 is 0 Å². The van der Waals surface area contributed by atoms with Gasteiger partial charge in [-0.15, -0.1) is 0 Å². The number of carbonyl (C=O) groups excluding carboxylic acids is 2. The van der Waals surface area contributed by atoms with Crippen LogP contribution >= 0.6 is 0 Å². The first-order valence-corrected chi connectivity index (χ1v) is 10.9. The van der Waals surface area contributed by atoms with E-state index in [4.69, 9.17) is 4.74 Å². The van der Waals surface area contributed by atoms with Gasteiger partial charge in [-0.3, -0.25) is 9.59 Å². The minimum atomic E-state index is -2.71. The van der Waals surface area contributed by atoms with Crippen LogP contribution in [0.2, 0.25) is 0 Å². The highest BCUT2D eigenvalue weighted by atomic mass is 32.2. The van der Waals surface area contributed by atoms with E-state index in [9.17, 15) is 18.2 Å². The Morgan fingerprint density at radius 3 is 2.43 bits per heavy atom. The number of carbonyl (C=O) groups is 2. The van der Waals surface area contributed by atoms with Gasteiger partial charge in [0.15, 0.2) is 6.61 Å². The fourth-order valence-electron chi connectivity index (χ4n) is 2.99. The number of amides is 2. The SMILES string of the molecule is CS(=O)(CC1CN(C(=O)c2ccc(F)cc2)C1)=NC(=O)COc1ccccc1. The van der Waals surface area contributed by atoms with Crippen molar-refractivity contribution < 1.29 is 22.9 Å². The van der Waals surface area contributed by atoms with Crippen LogP contribution in [0.1, 0.15) is 10.4 Å². The fraction of sp³-hybridized carbons (Fsp3) is 0.300. The highest BCUT2D eigenvalue weighted by Crippen LogP contribution is 2.21. The summed E-state index contributed by atoms with van der Waals surface area (Å²) < 4.78 is 34.7. The van der Waals surface area contributed by atoms with Gasteiger partial charge in [-0.2, -0.15) is 4.36 Å². The van der Waals surface area contributed by atoms with Crippen molar-refractivity contribution in [2.45, 2.75) is 0 Å². The maximum absolute atomic E-state index is 12.9. The maximum atomic E-state index is 12.9. The van der Waals surface area contributed by atoms with E-state index in [1.54, 1.807) is 29.2 Å². The molecule has 6 nitrogen and oxygen atoms in total. The number of hydrogen-bond donors (Lipinski definition) is 0. The first-order valence-electron chi connectivity index (χ1n) is 8.78. The number of hydrogen-bond acceptors (Lipinski definition) is 4. The van der Waals surface area contributed by atoms with Crippen molar-refractivity contribution in [3.8, 4) is 5.75 Å². The minimum absolute atomic E-state index is 0.00786. The molecule has 0 bridgehead atoms. The molecule has 0 N–H and O–H groups in total. The van der Waals surface area contributed by atoms with Crippen molar-refractivity contribution >= 4 is 21.5 Å². The Morgan fingerprint density at radius 1 is 1.14 bits per heavy atom. The third-order valence-electron chi connectivity index (χ3n) is 4.28. The molecule has 0 aromatic heterocycles. The topological polar surface area (TPSA) is 76.0 Å². The minimum Gasteiger partial charge on any atom is -0.484 e. The van der Waals surface area contributed by atoms with Crippen molar-refractivity contribution in [1.82, 2.24) is 4.90 Å². The molecule has 1 aliphatic heterocycles. The van der Waals surface area contributed by atoms with Crippen LogP contribution in [-0.2, 0) is 14.5 Å². The summed E-state index contributed by atoms with van der Waals surface area (Å²) in [6.07, 6.45) is 1.44. The second kappa shape index (κ2) is 8.52. The summed E-state index contributed by atoms with van der Waals surface area (Å²) in [5.74, 6) is -0.377. The van der Waals surface area contributed by atoms with E-state index < -0.39 is 21.5 Å². The molecular weight excluding hydrogens is 383 g/mol. The summed E-state index contributed by atoms with van der Waals surface area (Å²) in [5, 5.41) is 0. The quantitative estimate of drug-likeness (QED) is 0.742. The smallest absolute Gasteiger partial charge is 0.291 e. The Labute approximate surface area is 163 Å². The molecule has 1 unspecified atom stereocenters. The molecular formula is C20H21FN2O4S. The zero-order valence-electron chi connectivity index (χ0n) is 15.4. The van der Waals surface area contributed by atoms with Crippen molar-refractivity contribution in [1.29, 1.82) is 0 Å². The van der Waals surface area contributed by atoms with Gasteiger partial charge >= 0.3 is 0 Å². The van der Waals surface area contributed by atoms with Crippen LogP contribution in [0.5, 0.6) is 5.75 Å². The second-order valence-corrected chi connectivity index (χ2v) is 9.23. The summed E-state index contributed by atoms with van der Waals surface area (Å²) in [6.45, 7) is 0.602. The highest BCUT2D eigenvalue weighted by Gasteiger charge is 2.33. The molecule has 0 spiro atoms. The Hall–Kier alpha value is -2.74. The highest BCUT2D eigenvalue weighted by molar-refractivity contribution is 7.93. The molecule has 1 atom stereocenters.